The molecule has 0 spiro atoms. The predicted molar refractivity (Wildman–Crippen MR) is 32.9 cm³/mol. The number of hydrogen-bond donors (Lipinski definition) is 0. The van der Waals surface area contributed by atoms with Crippen LogP contribution in [0.4, 0.5) is 0 Å². The highest BCUT2D eigenvalue weighted by Gasteiger charge is 2.21. The van der Waals surface area contributed by atoms with Crippen molar-refractivity contribution >= 4 is 5.97 Å². The van der Waals surface area contributed by atoms with Gasteiger partial charge in [-0.2, -0.15) is 5.26 Å². The van der Waals surface area contributed by atoms with E-state index in [1.807, 2.05) is 0 Å². The van der Waals surface area contributed by atoms with Gasteiger partial charge in [0.1, 0.15) is 0 Å². The SMILES string of the molecule is CCOC(=O)C(N=O)OC#N. The van der Waals surface area contributed by atoms with Crippen LogP contribution >= 0.6 is 0 Å². The first-order chi connectivity index (χ1) is 5.26. The first-order valence-corrected chi connectivity index (χ1v) is 2.80. The van der Waals surface area contributed by atoms with Gasteiger partial charge < -0.3 is 9.47 Å². The van der Waals surface area contributed by atoms with Gasteiger partial charge in [0, 0.05) is 0 Å². The molecule has 6 heteroatoms. The van der Waals surface area contributed by atoms with Crippen molar-refractivity contribution in [2.75, 3.05) is 6.61 Å². The van der Waals surface area contributed by atoms with E-state index in [0.717, 1.165) is 6.26 Å². The van der Waals surface area contributed by atoms with Gasteiger partial charge in [-0.25, -0.2) is 4.79 Å². The second-order valence-electron chi connectivity index (χ2n) is 1.42. The van der Waals surface area contributed by atoms with E-state index in [1.165, 1.54) is 0 Å². The van der Waals surface area contributed by atoms with Crippen molar-refractivity contribution in [3.8, 4) is 6.26 Å². The molecule has 0 aliphatic heterocycles. The summed E-state index contributed by atoms with van der Waals surface area (Å²) in [6.07, 6.45) is -0.503. The molecule has 0 aliphatic carbocycles. The Kier molecular flexibility index (Phi) is 4.40. The molecule has 0 aliphatic rings. The van der Waals surface area contributed by atoms with Gasteiger partial charge in [-0.1, -0.05) is 0 Å². The van der Waals surface area contributed by atoms with Crippen molar-refractivity contribution in [2.24, 2.45) is 5.18 Å². The molecule has 0 fully saturated rings. The molecule has 0 aromatic carbocycles. The number of carbonyl (C=O) groups excluding carboxylic acids is 1. The fourth-order valence-electron chi connectivity index (χ4n) is 0.376. The van der Waals surface area contributed by atoms with Gasteiger partial charge in [-0.3, -0.25) is 0 Å². The maximum atomic E-state index is 10.6. The highest BCUT2D eigenvalue weighted by molar-refractivity contribution is 5.74. The van der Waals surface area contributed by atoms with Crippen molar-refractivity contribution in [3.05, 3.63) is 4.91 Å². The summed E-state index contributed by atoms with van der Waals surface area (Å²) < 4.78 is 8.30. The summed E-state index contributed by atoms with van der Waals surface area (Å²) in [7, 11) is 0. The Bertz CT molecular complexity index is 185. The number of nitroso groups, excluding NO2 is 1. The number of nitrogens with zero attached hydrogens (tertiary/aromatic N) is 2. The van der Waals surface area contributed by atoms with Crippen LogP contribution in [-0.2, 0) is 14.3 Å². The summed E-state index contributed by atoms with van der Waals surface area (Å²) in [4.78, 5) is 20.4. The van der Waals surface area contributed by atoms with Gasteiger partial charge in [0.2, 0.25) is 0 Å². The lowest BCUT2D eigenvalue weighted by Crippen LogP contribution is -2.22. The minimum Gasteiger partial charge on any atom is -0.462 e. The molecular weight excluding hydrogens is 152 g/mol. The van der Waals surface area contributed by atoms with Crippen molar-refractivity contribution < 1.29 is 14.3 Å². The Morgan fingerprint density at radius 3 is 2.82 bits per heavy atom. The molecule has 0 bridgehead atoms. The van der Waals surface area contributed by atoms with E-state index >= 15 is 0 Å². The van der Waals surface area contributed by atoms with Crippen molar-refractivity contribution in [1.29, 1.82) is 5.26 Å². The fraction of sp³-hybridized carbons (Fsp3) is 0.600. The number of ether oxygens (including phenoxy) is 2. The summed E-state index contributed by atoms with van der Waals surface area (Å²) in [5.41, 5.74) is 0. The Labute approximate surface area is 62.7 Å². The maximum Gasteiger partial charge on any atom is 0.375 e. The topological polar surface area (TPSA) is 88.8 Å². The van der Waals surface area contributed by atoms with E-state index in [4.69, 9.17) is 5.26 Å². The lowest BCUT2D eigenvalue weighted by Gasteiger charge is -2.03. The normalized spacial score (nSPS) is 10.9. The maximum absolute atomic E-state index is 10.6. The number of nitriles is 1. The Morgan fingerprint density at radius 2 is 2.45 bits per heavy atom. The average Bonchev–Trinajstić information content (AvgIpc) is 2.00. The van der Waals surface area contributed by atoms with Gasteiger partial charge in [0.25, 0.3) is 6.26 Å². The van der Waals surface area contributed by atoms with Gasteiger partial charge in [0.05, 0.1) is 6.61 Å². The van der Waals surface area contributed by atoms with Crippen LogP contribution in [0.1, 0.15) is 6.92 Å². The van der Waals surface area contributed by atoms with Crippen molar-refractivity contribution in [2.45, 2.75) is 13.2 Å². The summed E-state index contributed by atoms with van der Waals surface area (Å²) in [5, 5.41) is 10.1. The molecule has 1 unspecified atom stereocenters. The zero-order chi connectivity index (χ0) is 8.69. The van der Waals surface area contributed by atoms with Gasteiger partial charge in [-0.15, -0.1) is 4.91 Å². The minimum absolute atomic E-state index is 0.111. The first-order valence-electron chi connectivity index (χ1n) is 2.80. The third-order valence-electron chi connectivity index (χ3n) is 0.748. The van der Waals surface area contributed by atoms with Gasteiger partial charge in [-0.05, 0) is 12.1 Å². The number of hydrogen-bond acceptors (Lipinski definition) is 6. The summed E-state index contributed by atoms with van der Waals surface area (Å²) in [6.45, 7) is 1.67. The van der Waals surface area contributed by atoms with E-state index in [2.05, 4.69) is 14.7 Å². The largest absolute Gasteiger partial charge is 0.462 e. The van der Waals surface area contributed by atoms with E-state index in [0.29, 0.717) is 0 Å². The van der Waals surface area contributed by atoms with Crippen LogP contribution in [0.5, 0.6) is 0 Å². The zero-order valence-corrected chi connectivity index (χ0v) is 5.81. The van der Waals surface area contributed by atoms with Crippen LogP contribution in [0.2, 0.25) is 0 Å². The number of esters is 1. The highest BCUT2D eigenvalue weighted by atomic mass is 16.6. The smallest absolute Gasteiger partial charge is 0.375 e. The molecule has 0 N–H and O–H groups in total. The number of carbonyl (C=O) groups is 1. The standard InChI is InChI=1S/C5H6N2O4/c1-2-10-5(8)4(7-9)11-3-6/h4H,2H2,1H3. The average molecular weight is 158 g/mol. The minimum atomic E-state index is -1.67. The lowest BCUT2D eigenvalue weighted by atomic mass is 10.6. The van der Waals surface area contributed by atoms with E-state index in [-0.39, 0.29) is 6.61 Å². The molecule has 0 rings (SSSR count). The molecule has 0 saturated carbocycles. The third kappa shape index (κ3) is 3.15. The van der Waals surface area contributed by atoms with Crippen LogP contribution < -0.4 is 0 Å². The van der Waals surface area contributed by atoms with E-state index in [9.17, 15) is 9.70 Å². The zero-order valence-electron chi connectivity index (χ0n) is 5.81. The van der Waals surface area contributed by atoms with Crippen LogP contribution in [0, 0.1) is 16.4 Å². The Hall–Kier alpha value is -1.64. The molecule has 0 radical (unpaired) electrons. The Balaban J connectivity index is 3.94. The molecule has 60 valence electrons. The second-order valence-corrected chi connectivity index (χ2v) is 1.42. The summed E-state index contributed by atoms with van der Waals surface area (Å²) in [6, 6.07) is 0. The van der Waals surface area contributed by atoms with Crippen molar-refractivity contribution in [3.63, 3.8) is 0 Å². The van der Waals surface area contributed by atoms with E-state index in [1.54, 1.807) is 6.92 Å². The third-order valence-corrected chi connectivity index (χ3v) is 0.748. The number of rotatable bonds is 4. The molecule has 11 heavy (non-hydrogen) atoms. The van der Waals surface area contributed by atoms with E-state index < -0.39 is 12.2 Å². The lowest BCUT2D eigenvalue weighted by molar-refractivity contribution is -0.152. The molecule has 6 nitrogen and oxygen atoms in total. The van der Waals surface area contributed by atoms with Crippen LogP contribution in [0.25, 0.3) is 0 Å². The quantitative estimate of drug-likeness (QED) is 0.330. The van der Waals surface area contributed by atoms with Gasteiger partial charge in [0.15, 0.2) is 0 Å². The van der Waals surface area contributed by atoms with Gasteiger partial charge >= 0.3 is 12.2 Å². The predicted octanol–water partition coefficient (Wildman–Crippen LogP) is 0.140. The molecule has 0 aromatic rings. The van der Waals surface area contributed by atoms with Crippen LogP contribution in [0.3, 0.4) is 0 Å². The second kappa shape index (κ2) is 5.17. The molecule has 0 aromatic heterocycles. The highest BCUT2D eigenvalue weighted by Crippen LogP contribution is 1.95. The molecule has 0 saturated heterocycles. The van der Waals surface area contributed by atoms with Crippen LogP contribution in [-0.4, -0.2) is 18.8 Å². The first kappa shape index (κ1) is 9.36. The Morgan fingerprint density at radius 1 is 1.82 bits per heavy atom. The molecule has 0 amide bonds. The fourth-order valence-corrected chi connectivity index (χ4v) is 0.376. The monoisotopic (exact) mass is 158 g/mol. The molecular formula is C5H6N2O4. The van der Waals surface area contributed by atoms with Crippen molar-refractivity contribution in [1.82, 2.24) is 0 Å². The summed E-state index contributed by atoms with van der Waals surface area (Å²) >= 11 is 0. The van der Waals surface area contributed by atoms with Crippen LogP contribution in [0.15, 0.2) is 5.18 Å². The summed E-state index contributed by atoms with van der Waals surface area (Å²) in [5.74, 6) is -0.955. The molecule has 1 atom stereocenters. The molecule has 0 heterocycles.